The van der Waals surface area contributed by atoms with Gasteiger partial charge in [-0.2, -0.15) is 13.2 Å². The van der Waals surface area contributed by atoms with Crippen LogP contribution in [0.1, 0.15) is 39.0 Å². The van der Waals surface area contributed by atoms with Crippen molar-refractivity contribution in [1.82, 2.24) is 20.4 Å². The minimum atomic E-state index is -4.11. The molecule has 0 bridgehead atoms. The molecule has 2 N–H and O–H groups in total. The lowest BCUT2D eigenvalue weighted by Gasteiger charge is -2.24. The maximum absolute atomic E-state index is 12.2. The molecule has 1 aliphatic rings. The average Bonchev–Trinajstić information content (AvgIpc) is 3.02. The van der Waals surface area contributed by atoms with E-state index in [0.29, 0.717) is 31.5 Å². The molecule has 0 aromatic carbocycles. The Morgan fingerprint density at radius 1 is 1.27 bits per heavy atom. The second-order valence-electron chi connectivity index (χ2n) is 6.76. The fourth-order valence-electron chi connectivity index (χ4n) is 2.88. The first-order valence-electron chi connectivity index (χ1n) is 9.26. The number of likely N-dealkylation sites (N-methyl/N-ethyl adjacent to an activating group) is 2. The van der Waals surface area contributed by atoms with Crippen molar-refractivity contribution >= 4 is 11.9 Å². The van der Waals surface area contributed by atoms with E-state index >= 15 is 0 Å². The fourth-order valence-corrected chi connectivity index (χ4v) is 2.88. The van der Waals surface area contributed by atoms with Crippen molar-refractivity contribution in [3.63, 3.8) is 0 Å². The molecule has 1 amide bonds. The van der Waals surface area contributed by atoms with Gasteiger partial charge in [-0.15, -0.1) is 0 Å². The van der Waals surface area contributed by atoms with E-state index in [4.69, 9.17) is 0 Å². The van der Waals surface area contributed by atoms with E-state index in [1.807, 2.05) is 0 Å². The van der Waals surface area contributed by atoms with Gasteiger partial charge in [0.25, 0.3) is 0 Å². The van der Waals surface area contributed by atoms with Gasteiger partial charge in [-0.25, -0.2) is 4.99 Å². The zero-order valence-corrected chi connectivity index (χ0v) is 16.0. The van der Waals surface area contributed by atoms with E-state index in [0.717, 1.165) is 25.9 Å². The monoisotopic (exact) mass is 379 g/mol. The highest BCUT2D eigenvalue weighted by Gasteiger charge is 2.26. The number of alkyl halides is 3. The molecule has 1 rings (SSSR count). The van der Waals surface area contributed by atoms with Gasteiger partial charge in [0, 0.05) is 39.6 Å². The number of guanidine groups is 1. The Kier molecular flexibility index (Phi) is 9.75. The molecule has 1 saturated heterocycles. The van der Waals surface area contributed by atoms with E-state index in [1.54, 1.807) is 14.1 Å². The van der Waals surface area contributed by atoms with Gasteiger partial charge >= 0.3 is 6.18 Å². The molecule has 1 unspecified atom stereocenters. The number of hydrogen-bond acceptors (Lipinski definition) is 3. The molecule has 1 heterocycles. The number of aliphatic imine (C=N–C) groups is 1. The van der Waals surface area contributed by atoms with Crippen LogP contribution in [0, 0.1) is 0 Å². The third kappa shape index (κ3) is 9.26. The van der Waals surface area contributed by atoms with E-state index in [-0.39, 0.29) is 18.9 Å². The summed E-state index contributed by atoms with van der Waals surface area (Å²) in [4.78, 5) is 19.8. The fraction of sp³-hybridized carbons (Fsp3) is 0.882. The van der Waals surface area contributed by atoms with Gasteiger partial charge in [-0.1, -0.05) is 6.92 Å². The van der Waals surface area contributed by atoms with Crippen LogP contribution < -0.4 is 10.6 Å². The smallest absolute Gasteiger partial charge is 0.356 e. The molecular formula is C17H32F3N5O. The normalized spacial score (nSPS) is 18.8. The van der Waals surface area contributed by atoms with Crippen LogP contribution >= 0.6 is 0 Å². The number of carbonyl (C=O) groups excluding carboxylic acids is 1. The van der Waals surface area contributed by atoms with Gasteiger partial charge in [0.05, 0.1) is 0 Å². The molecule has 152 valence electrons. The molecule has 0 aliphatic carbocycles. The maximum atomic E-state index is 12.2. The van der Waals surface area contributed by atoms with Gasteiger partial charge in [-0.05, 0) is 38.8 Å². The first kappa shape index (κ1) is 22.5. The van der Waals surface area contributed by atoms with E-state index in [2.05, 4.69) is 27.4 Å². The Morgan fingerprint density at radius 2 is 2.00 bits per heavy atom. The molecule has 6 nitrogen and oxygen atoms in total. The number of hydrogen-bond donors (Lipinski definition) is 2. The summed E-state index contributed by atoms with van der Waals surface area (Å²) >= 11 is 0. The number of halogens is 3. The Labute approximate surface area is 154 Å². The Hall–Kier alpha value is -1.51. The van der Waals surface area contributed by atoms with Crippen LogP contribution in [-0.2, 0) is 4.79 Å². The second-order valence-corrected chi connectivity index (χ2v) is 6.76. The minimum Gasteiger partial charge on any atom is -0.356 e. The number of likely N-dealkylation sites (tertiary alicyclic amines) is 1. The number of carbonyl (C=O) groups is 1. The number of nitrogens with one attached hydrogen (secondary N) is 2. The standard InChI is InChI=1S/C17H32F3N5O/c1-4-25-11-7-8-14(25)12-22-16(23-13-15(26)24(2)3)21-10-6-5-9-17(18,19)20/h14H,4-13H2,1-3H3,(H2,21,22,23). The molecule has 26 heavy (non-hydrogen) atoms. The van der Waals surface area contributed by atoms with Crippen LogP contribution in [-0.4, -0.2) is 80.7 Å². The van der Waals surface area contributed by atoms with Gasteiger partial charge in [0.15, 0.2) is 5.96 Å². The molecule has 0 radical (unpaired) electrons. The third-order valence-electron chi connectivity index (χ3n) is 4.46. The summed E-state index contributed by atoms with van der Waals surface area (Å²) in [7, 11) is 3.32. The van der Waals surface area contributed by atoms with Crippen molar-refractivity contribution < 1.29 is 18.0 Å². The lowest BCUT2D eigenvalue weighted by Crippen LogP contribution is -2.45. The van der Waals surface area contributed by atoms with Gasteiger partial charge < -0.3 is 15.5 Å². The molecule has 9 heteroatoms. The first-order valence-corrected chi connectivity index (χ1v) is 9.26. The van der Waals surface area contributed by atoms with Crippen LogP contribution in [0.25, 0.3) is 0 Å². The van der Waals surface area contributed by atoms with E-state index in [9.17, 15) is 18.0 Å². The van der Waals surface area contributed by atoms with Crippen LogP contribution in [0.5, 0.6) is 0 Å². The quantitative estimate of drug-likeness (QED) is 0.365. The van der Waals surface area contributed by atoms with Crippen molar-refractivity contribution in [3.8, 4) is 0 Å². The number of nitrogens with zero attached hydrogens (tertiary/aromatic N) is 3. The minimum absolute atomic E-state index is 0.00699. The molecule has 0 aromatic heterocycles. The summed E-state index contributed by atoms with van der Waals surface area (Å²) in [6.07, 6.45) is -2.15. The maximum Gasteiger partial charge on any atom is 0.389 e. The van der Waals surface area contributed by atoms with Crippen LogP contribution in [0.2, 0.25) is 0 Å². The van der Waals surface area contributed by atoms with Crippen LogP contribution in [0.15, 0.2) is 4.99 Å². The zero-order valence-electron chi connectivity index (χ0n) is 16.0. The lowest BCUT2D eigenvalue weighted by molar-refractivity contribution is -0.135. The van der Waals surface area contributed by atoms with Gasteiger partial charge in [0.2, 0.25) is 5.91 Å². The van der Waals surface area contributed by atoms with E-state index < -0.39 is 12.6 Å². The number of amides is 1. The molecular weight excluding hydrogens is 347 g/mol. The van der Waals surface area contributed by atoms with Crippen molar-refractivity contribution in [1.29, 1.82) is 0 Å². The number of rotatable bonds is 9. The third-order valence-corrected chi connectivity index (χ3v) is 4.46. The van der Waals surface area contributed by atoms with Crippen LogP contribution in [0.4, 0.5) is 13.2 Å². The van der Waals surface area contributed by atoms with E-state index in [1.165, 1.54) is 4.90 Å². The molecule has 1 fully saturated rings. The van der Waals surface area contributed by atoms with Crippen molar-refractivity contribution in [3.05, 3.63) is 0 Å². The molecule has 1 atom stereocenters. The molecule has 0 spiro atoms. The summed E-state index contributed by atoms with van der Waals surface area (Å²) in [6.45, 7) is 5.30. The topological polar surface area (TPSA) is 60.0 Å². The predicted octanol–water partition coefficient (Wildman–Crippen LogP) is 1.83. The van der Waals surface area contributed by atoms with Crippen molar-refractivity contribution in [2.24, 2.45) is 4.99 Å². The zero-order chi connectivity index (χ0) is 19.6. The highest BCUT2D eigenvalue weighted by Crippen LogP contribution is 2.21. The Morgan fingerprint density at radius 3 is 2.62 bits per heavy atom. The SMILES string of the molecule is CCN1CCCC1CNC(=NCC(=O)N(C)C)NCCCCC(F)(F)F. The van der Waals surface area contributed by atoms with Gasteiger partial charge in [0.1, 0.15) is 6.54 Å². The van der Waals surface area contributed by atoms with Crippen molar-refractivity contribution in [2.45, 2.75) is 51.2 Å². The second kappa shape index (κ2) is 11.3. The molecule has 0 saturated carbocycles. The predicted molar refractivity (Wildman–Crippen MR) is 97.2 cm³/mol. The van der Waals surface area contributed by atoms with Crippen molar-refractivity contribution in [2.75, 3.05) is 46.8 Å². The average molecular weight is 379 g/mol. The molecule has 0 aromatic rings. The molecule has 1 aliphatic heterocycles. The largest absolute Gasteiger partial charge is 0.389 e. The van der Waals surface area contributed by atoms with Crippen LogP contribution in [0.3, 0.4) is 0 Å². The first-order chi connectivity index (χ1) is 12.2. The Balaban J connectivity index is 2.47. The van der Waals surface area contributed by atoms with Gasteiger partial charge in [-0.3, -0.25) is 9.69 Å². The lowest BCUT2D eigenvalue weighted by atomic mass is 10.2. The summed E-state index contributed by atoms with van der Waals surface area (Å²) in [5.41, 5.74) is 0. The highest BCUT2D eigenvalue weighted by atomic mass is 19.4. The highest BCUT2D eigenvalue weighted by molar-refractivity contribution is 5.84. The number of unbranched alkanes of at least 4 members (excludes halogenated alkanes) is 1. The summed E-state index contributed by atoms with van der Waals surface area (Å²) in [5, 5.41) is 6.27. The summed E-state index contributed by atoms with van der Waals surface area (Å²) < 4.78 is 36.6. The summed E-state index contributed by atoms with van der Waals surface area (Å²) in [6, 6.07) is 0.418. The summed E-state index contributed by atoms with van der Waals surface area (Å²) in [5.74, 6) is 0.356. The Bertz CT molecular complexity index is 454.